The summed E-state index contributed by atoms with van der Waals surface area (Å²) < 4.78 is 20.0. The molecule has 0 saturated carbocycles. The number of hydrogen-bond donors (Lipinski definition) is 1. The summed E-state index contributed by atoms with van der Waals surface area (Å²) in [6.07, 6.45) is 0. The van der Waals surface area contributed by atoms with Gasteiger partial charge in [-0.3, -0.25) is 0 Å². The van der Waals surface area contributed by atoms with Gasteiger partial charge in [0.15, 0.2) is 0 Å². The Morgan fingerprint density at radius 2 is 1.94 bits per heavy atom. The molecule has 1 atom stereocenters. The Hall–Kier alpha value is -1.39. The molecule has 0 aromatic heterocycles. The molecule has 2 aromatic carbocycles. The number of ether oxygens (including phenoxy) is 1. The molecule has 4 heteroatoms. The summed E-state index contributed by atoms with van der Waals surface area (Å²) >= 11 is 3.35. The fraction of sp³-hybridized carbons (Fsp3) is 0.143. The Bertz CT molecular complexity index is 533. The van der Waals surface area contributed by atoms with Crippen LogP contribution in [0.25, 0.3) is 0 Å². The Kier molecular flexibility index (Phi) is 4.33. The fourth-order valence-electron chi connectivity index (χ4n) is 1.61. The second kappa shape index (κ2) is 5.98. The van der Waals surface area contributed by atoms with E-state index in [0.29, 0.717) is 11.3 Å². The third-order valence-electron chi connectivity index (χ3n) is 2.53. The van der Waals surface area contributed by atoms with Crippen molar-refractivity contribution in [2.75, 3.05) is 6.61 Å². The molecule has 0 radical (unpaired) electrons. The summed E-state index contributed by atoms with van der Waals surface area (Å²) in [7, 11) is 0. The highest BCUT2D eigenvalue weighted by Crippen LogP contribution is 2.20. The van der Waals surface area contributed by atoms with Gasteiger partial charge in [0.25, 0.3) is 0 Å². The number of rotatable bonds is 4. The Morgan fingerprint density at radius 1 is 1.17 bits per heavy atom. The number of halogens is 2. The first kappa shape index (κ1) is 13.1. The zero-order valence-corrected chi connectivity index (χ0v) is 11.2. The number of nitrogens with two attached hydrogens (primary N) is 1. The van der Waals surface area contributed by atoms with Gasteiger partial charge in [-0.2, -0.15) is 0 Å². The first-order valence-electron chi connectivity index (χ1n) is 5.55. The van der Waals surface area contributed by atoms with Gasteiger partial charge >= 0.3 is 0 Å². The van der Waals surface area contributed by atoms with Crippen LogP contribution in [0.3, 0.4) is 0 Å². The van der Waals surface area contributed by atoms with E-state index in [0.717, 1.165) is 4.47 Å². The molecule has 0 fully saturated rings. The minimum Gasteiger partial charge on any atom is -0.492 e. The molecule has 2 aromatic rings. The average Bonchev–Trinajstić information content (AvgIpc) is 2.37. The molecule has 0 amide bonds. The molecule has 0 saturated heterocycles. The highest BCUT2D eigenvalue weighted by Gasteiger charge is 2.11. The van der Waals surface area contributed by atoms with Crippen molar-refractivity contribution in [2.45, 2.75) is 6.04 Å². The number of benzene rings is 2. The molecule has 2 nitrogen and oxygen atoms in total. The minimum absolute atomic E-state index is 0.234. The smallest absolute Gasteiger partial charge is 0.128 e. The lowest BCUT2D eigenvalue weighted by molar-refractivity contribution is 0.287. The summed E-state index contributed by atoms with van der Waals surface area (Å²) in [5.74, 6) is 0.402. The van der Waals surface area contributed by atoms with E-state index in [1.165, 1.54) is 6.07 Å². The normalized spacial score (nSPS) is 12.2. The van der Waals surface area contributed by atoms with Gasteiger partial charge in [0.2, 0.25) is 0 Å². The molecule has 0 heterocycles. The van der Waals surface area contributed by atoms with Crippen LogP contribution in [0.5, 0.6) is 5.75 Å². The van der Waals surface area contributed by atoms with Crippen molar-refractivity contribution in [3.63, 3.8) is 0 Å². The van der Waals surface area contributed by atoms with Crippen molar-refractivity contribution in [1.82, 2.24) is 0 Å². The summed E-state index contributed by atoms with van der Waals surface area (Å²) in [5.41, 5.74) is 6.37. The van der Waals surface area contributed by atoms with E-state index in [2.05, 4.69) is 15.9 Å². The second-order valence-electron chi connectivity index (χ2n) is 3.90. The second-order valence-corrected chi connectivity index (χ2v) is 4.81. The summed E-state index contributed by atoms with van der Waals surface area (Å²) in [6.45, 7) is 0.234. The van der Waals surface area contributed by atoms with Gasteiger partial charge in [-0.05, 0) is 24.3 Å². The maximum absolute atomic E-state index is 13.5. The molecule has 2 rings (SSSR count). The van der Waals surface area contributed by atoms with Crippen molar-refractivity contribution >= 4 is 15.9 Å². The lowest BCUT2D eigenvalue weighted by Crippen LogP contribution is -2.20. The SMILES string of the molecule is NC(COc1cccc(Br)c1)c1ccccc1F. The topological polar surface area (TPSA) is 35.2 Å². The lowest BCUT2D eigenvalue weighted by Gasteiger charge is -2.14. The van der Waals surface area contributed by atoms with E-state index in [1.54, 1.807) is 18.2 Å². The van der Waals surface area contributed by atoms with E-state index in [9.17, 15) is 4.39 Å². The van der Waals surface area contributed by atoms with Crippen LogP contribution in [0.2, 0.25) is 0 Å². The van der Waals surface area contributed by atoms with Crippen LogP contribution >= 0.6 is 15.9 Å². The molecule has 18 heavy (non-hydrogen) atoms. The Labute approximate surface area is 114 Å². The van der Waals surface area contributed by atoms with Crippen LogP contribution in [-0.4, -0.2) is 6.61 Å². The molecule has 1 unspecified atom stereocenters. The van der Waals surface area contributed by atoms with Gasteiger partial charge in [0.1, 0.15) is 18.2 Å². The Morgan fingerprint density at radius 3 is 2.67 bits per heavy atom. The molecule has 0 aliphatic carbocycles. The van der Waals surface area contributed by atoms with E-state index in [1.807, 2.05) is 24.3 Å². The van der Waals surface area contributed by atoms with Crippen LogP contribution in [0.1, 0.15) is 11.6 Å². The van der Waals surface area contributed by atoms with Crippen LogP contribution in [0.15, 0.2) is 53.0 Å². The Balaban J connectivity index is 2.00. The monoisotopic (exact) mass is 309 g/mol. The lowest BCUT2D eigenvalue weighted by atomic mass is 10.1. The molecular weight excluding hydrogens is 297 g/mol. The van der Waals surface area contributed by atoms with Crippen molar-refractivity contribution in [3.8, 4) is 5.75 Å². The van der Waals surface area contributed by atoms with Gasteiger partial charge in [0.05, 0.1) is 6.04 Å². The summed E-state index contributed by atoms with van der Waals surface area (Å²) in [6, 6.07) is 13.4. The first-order chi connectivity index (χ1) is 8.66. The van der Waals surface area contributed by atoms with E-state index in [4.69, 9.17) is 10.5 Å². The zero-order valence-electron chi connectivity index (χ0n) is 9.64. The van der Waals surface area contributed by atoms with Gasteiger partial charge in [-0.1, -0.05) is 40.2 Å². The largest absolute Gasteiger partial charge is 0.492 e. The quantitative estimate of drug-likeness (QED) is 0.935. The van der Waals surface area contributed by atoms with Gasteiger partial charge < -0.3 is 10.5 Å². The third-order valence-corrected chi connectivity index (χ3v) is 3.02. The van der Waals surface area contributed by atoms with Crippen molar-refractivity contribution in [3.05, 3.63) is 64.4 Å². The maximum atomic E-state index is 13.5. The van der Waals surface area contributed by atoms with Crippen molar-refractivity contribution in [2.24, 2.45) is 5.73 Å². The van der Waals surface area contributed by atoms with Crippen LogP contribution in [-0.2, 0) is 0 Å². The standard InChI is InChI=1S/C14H13BrFNO/c15-10-4-3-5-11(8-10)18-9-14(17)12-6-1-2-7-13(12)16/h1-8,14H,9,17H2. The molecule has 0 spiro atoms. The van der Waals surface area contributed by atoms with Crippen molar-refractivity contribution in [1.29, 1.82) is 0 Å². The van der Waals surface area contributed by atoms with Gasteiger partial charge in [-0.15, -0.1) is 0 Å². The minimum atomic E-state index is -0.481. The van der Waals surface area contributed by atoms with Crippen LogP contribution < -0.4 is 10.5 Å². The average molecular weight is 310 g/mol. The van der Waals surface area contributed by atoms with Gasteiger partial charge in [-0.25, -0.2) is 4.39 Å². The highest BCUT2D eigenvalue weighted by atomic mass is 79.9. The molecule has 0 aliphatic rings. The number of hydrogen-bond acceptors (Lipinski definition) is 2. The van der Waals surface area contributed by atoms with E-state index >= 15 is 0 Å². The predicted octanol–water partition coefficient (Wildman–Crippen LogP) is 3.67. The van der Waals surface area contributed by atoms with E-state index in [-0.39, 0.29) is 12.4 Å². The van der Waals surface area contributed by atoms with Crippen LogP contribution in [0, 0.1) is 5.82 Å². The third kappa shape index (κ3) is 3.31. The molecule has 0 bridgehead atoms. The predicted molar refractivity (Wildman–Crippen MR) is 73.0 cm³/mol. The maximum Gasteiger partial charge on any atom is 0.128 e. The molecule has 2 N–H and O–H groups in total. The summed E-state index contributed by atoms with van der Waals surface area (Å²) in [4.78, 5) is 0. The zero-order chi connectivity index (χ0) is 13.0. The first-order valence-corrected chi connectivity index (χ1v) is 6.34. The van der Waals surface area contributed by atoms with E-state index < -0.39 is 6.04 Å². The van der Waals surface area contributed by atoms with Crippen LogP contribution in [0.4, 0.5) is 4.39 Å². The fourth-order valence-corrected chi connectivity index (χ4v) is 1.99. The highest BCUT2D eigenvalue weighted by molar-refractivity contribution is 9.10. The van der Waals surface area contributed by atoms with Gasteiger partial charge in [0, 0.05) is 10.0 Å². The van der Waals surface area contributed by atoms with Crippen molar-refractivity contribution < 1.29 is 9.13 Å². The summed E-state index contributed by atoms with van der Waals surface area (Å²) in [5, 5.41) is 0. The molecule has 94 valence electrons. The molecule has 0 aliphatic heterocycles. The molecular formula is C14H13BrFNO.